The molecule has 0 saturated carbocycles. The topological polar surface area (TPSA) is 101 Å². The molecule has 0 atom stereocenters. The maximum absolute atomic E-state index is 11.1. The summed E-state index contributed by atoms with van der Waals surface area (Å²) >= 11 is 12.3. The van der Waals surface area contributed by atoms with Crippen LogP contribution in [0.2, 0.25) is 10.0 Å². The normalized spacial score (nSPS) is 10.4. The third-order valence-corrected chi connectivity index (χ3v) is 4.29. The lowest BCUT2D eigenvalue weighted by Crippen LogP contribution is -1.99. The van der Waals surface area contributed by atoms with E-state index in [0.717, 1.165) is 0 Å². The molecule has 7 nitrogen and oxygen atoms in total. The first kappa shape index (κ1) is 17.7. The van der Waals surface area contributed by atoms with Crippen LogP contribution in [0.25, 0.3) is 10.9 Å². The highest BCUT2D eigenvalue weighted by Gasteiger charge is 2.16. The molecule has 0 saturated heterocycles. The zero-order valence-electron chi connectivity index (χ0n) is 13.3. The van der Waals surface area contributed by atoms with Crippen molar-refractivity contribution < 1.29 is 9.66 Å². The summed E-state index contributed by atoms with van der Waals surface area (Å²) in [4.78, 5) is 14.7. The second kappa shape index (κ2) is 7.04. The summed E-state index contributed by atoms with van der Waals surface area (Å²) in [6.45, 7) is 0. The minimum atomic E-state index is -0.513. The average Bonchev–Trinajstić information content (AvgIpc) is 2.63. The molecular formula is C17H10Cl2N4O3. The molecule has 0 aliphatic rings. The fourth-order valence-electron chi connectivity index (χ4n) is 2.43. The lowest BCUT2D eigenvalue weighted by Gasteiger charge is -2.14. The number of halogens is 2. The second-order valence-corrected chi connectivity index (χ2v) is 6.02. The molecule has 0 radical (unpaired) electrons. The molecule has 1 N–H and O–H groups in total. The Labute approximate surface area is 157 Å². The quantitative estimate of drug-likeness (QED) is 0.494. The lowest BCUT2D eigenvalue weighted by atomic mass is 10.1. The number of nitriles is 1. The summed E-state index contributed by atoms with van der Waals surface area (Å²) < 4.78 is 5.18. The zero-order chi connectivity index (χ0) is 18.8. The first-order valence-electron chi connectivity index (χ1n) is 7.22. The van der Waals surface area contributed by atoms with Crippen LogP contribution in [0.1, 0.15) is 5.56 Å². The number of rotatable bonds is 4. The Morgan fingerprint density at radius 1 is 1.27 bits per heavy atom. The zero-order valence-corrected chi connectivity index (χ0v) is 14.8. The van der Waals surface area contributed by atoms with Crippen LogP contribution in [-0.4, -0.2) is 17.0 Å². The van der Waals surface area contributed by atoms with Crippen LogP contribution < -0.4 is 10.1 Å². The van der Waals surface area contributed by atoms with Crippen LogP contribution in [-0.2, 0) is 0 Å². The number of methoxy groups -OCH3 is 1. The number of pyridine rings is 1. The van der Waals surface area contributed by atoms with Gasteiger partial charge >= 0.3 is 0 Å². The molecule has 0 fully saturated rings. The third-order valence-electron chi connectivity index (χ3n) is 3.68. The molecule has 0 spiro atoms. The van der Waals surface area contributed by atoms with Crippen LogP contribution in [0.4, 0.5) is 17.1 Å². The fraction of sp³-hybridized carbons (Fsp3) is 0.0588. The number of aromatic nitrogens is 1. The van der Waals surface area contributed by atoms with Gasteiger partial charge in [-0.15, -0.1) is 0 Å². The lowest BCUT2D eigenvalue weighted by molar-refractivity contribution is -0.384. The molecule has 1 heterocycles. The molecule has 130 valence electrons. The molecule has 0 aliphatic heterocycles. The minimum Gasteiger partial charge on any atom is -0.495 e. The van der Waals surface area contributed by atoms with Gasteiger partial charge in [-0.05, 0) is 12.1 Å². The van der Waals surface area contributed by atoms with Crippen molar-refractivity contribution in [2.75, 3.05) is 12.4 Å². The average molecular weight is 389 g/mol. The maximum atomic E-state index is 11.1. The molecule has 3 rings (SSSR count). The summed E-state index contributed by atoms with van der Waals surface area (Å²) in [7, 11) is 1.46. The van der Waals surface area contributed by atoms with Gasteiger partial charge in [-0.3, -0.25) is 15.1 Å². The van der Waals surface area contributed by atoms with E-state index in [1.807, 2.05) is 6.07 Å². The number of fused-ring (bicyclic) bond motifs is 1. The number of hydrogen-bond donors (Lipinski definition) is 1. The van der Waals surface area contributed by atoms with Crippen molar-refractivity contribution in [3.05, 3.63) is 62.3 Å². The number of anilines is 2. The molecule has 0 amide bonds. The summed E-state index contributed by atoms with van der Waals surface area (Å²) in [5, 5.41) is 24.6. The summed E-state index contributed by atoms with van der Waals surface area (Å²) in [6, 6.07) is 9.32. The molecule has 0 aliphatic carbocycles. The van der Waals surface area contributed by atoms with E-state index in [9.17, 15) is 15.4 Å². The van der Waals surface area contributed by atoms with Gasteiger partial charge < -0.3 is 10.1 Å². The standard InChI is InChI=1S/C17H10Cl2N4O3/c1-26-16-6-15(12(18)5-13(16)19)22-17-9(7-20)8-21-14-3-2-10(23(24)25)4-11(14)17/h2-6,8H,1H3,(H,21,22). The molecule has 3 aromatic rings. The van der Waals surface area contributed by atoms with Gasteiger partial charge in [0.05, 0.1) is 44.5 Å². The van der Waals surface area contributed by atoms with Gasteiger partial charge in [0, 0.05) is 29.8 Å². The van der Waals surface area contributed by atoms with Gasteiger partial charge in [0.25, 0.3) is 5.69 Å². The number of nitro groups is 1. The molecule has 2 aromatic carbocycles. The predicted octanol–water partition coefficient (Wildman–Crippen LogP) is 5.07. The molecule has 9 heteroatoms. The fourth-order valence-corrected chi connectivity index (χ4v) is 2.94. The number of nitro benzene ring substituents is 1. The van der Waals surface area contributed by atoms with Crippen LogP contribution in [0.5, 0.6) is 5.75 Å². The van der Waals surface area contributed by atoms with E-state index >= 15 is 0 Å². The molecule has 0 bridgehead atoms. The predicted molar refractivity (Wildman–Crippen MR) is 99.4 cm³/mol. The van der Waals surface area contributed by atoms with Crippen molar-refractivity contribution in [3.8, 4) is 11.8 Å². The Morgan fingerprint density at radius 3 is 2.69 bits per heavy atom. The molecule has 1 aromatic heterocycles. The monoisotopic (exact) mass is 388 g/mol. The Morgan fingerprint density at radius 2 is 2.04 bits per heavy atom. The Bertz CT molecular complexity index is 1080. The van der Waals surface area contributed by atoms with Crippen molar-refractivity contribution >= 4 is 51.2 Å². The van der Waals surface area contributed by atoms with Crippen molar-refractivity contribution in [2.45, 2.75) is 0 Å². The summed E-state index contributed by atoms with van der Waals surface area (Å²) in [5.41, 5.74) is 1.38. The highest BCUT2D eigenvalue weighted by Crippen LogP contribution is 2.38. The van der Waals surface area contributed by atoms with Crippen LogP contribution in [0, 0.1) is 21.4 Å². The van der Waals surface area contributed by atoms with E-state index in [1.165, 1.54) is 37.6 Å². The van der Waals surface area contributed by atoms with Gasteiger partial charge in [-0.1, -0.05) is 23.2 Å². The van der Waals surface area contributed by atoms with Crippen LogP contribution >= 0.6 is 23.2 Å². The third kappa shape index (κ3) is 3.20. The first-order valence-corrected chi connectivity index (χ1v) is 7.97. The Kier molecular flexibility index (Phi) is 4.80. The minimum absolute atomic E-state index is 0.114. The van der Waals surface area contributed by atoms with Gasteiger partial charge in [-0.2, -0.15) is 5.26 Å². The first-order chi connectivity index (χ1) is 12.4. The van der Waals surface area contributed by atoms with E-state index in [2.05, 4.69) is 10.3 Å². The SMILES string of the molecule is COc1cc(Nc2c(C#N)cnc3ccc([N+](=O)[O-])cc23)c(Cl)cc1Cl. The molecular weight excluding hydrogens is 379 g/mol. The number of ether oxygens (including phenoxy) is 1. The van der Waals surface area contributed by atoms with E-state index < -0.39 is 4.92 Å². The van der Waals surface area contributed by atoms with Crippen LogP contribution in [0.3, 0.4) is 0 Å². The van der Waals surface area contributed by atoms with Gasteiger partial charge in [-0.25, -0.2) is 0 Å². The Balaban J connectivity index is 2.22. The highest BCUT2D eigenvalue weighted by atomic mass is 35.5. The van der Waals surface area contributed by atoms with Crippen molar-refractivity contribution in [2.24, 2.45) is 0 Å². The number of non-ortho nitro benzene ring substituents is 1. The van der Waals surface area contributed by atoms with E-state index in [-0.39, 0.29) is 11.3 Å². The highest BCUT2D eigenvalue weighted by molar-refractivity contribution is 6.37. The largest absolute Gasteiger partial charge is 0.495 e. The Hall–Kier alpha value is -3.08. The van der Waals surface area contributed by atoms with E-state index in [0.29, 0.717) is 38.1 Å². The van der Waals surface area contributed by atoms with E-state index in [4.69, 9.17) is 27.9 Å². The van der Waals surface area contributed by atoms with Crippen molar-refractivity contribution in [1.82, 2.24) is 4.98 Å². The molecule has 0 unspecified atom stereocenters. The smallest absolute Gasteiger partial charge is 0.270 e. The van der Waals surface area contributed by atoms with Gasteiger partial charge in [0.2, 0.25) is 0 Å². The summed E-state index contributed by atoms with van der Waals surface area (Å²) in [5.74, 6) is 0.390. The maximum Gasteiger partial charge on any atom is 0.270 e. The number of hydrogen-bond acceptors (Lipinski definition) is 6. The van der Waals surface area contributed by atoms with Crippen LogP contribution in [0.15, 0.2) is 36.5 Å². The number of nitrogens with one attached hydrogen (secondary N) is 1. The second-order valence-electron chi connectivity index (χ2n) is 5.21. The molecule has 26 heavy (non-hydrogen) atoms. The van der Waals surface area contributed by atoms with Crippen molar-refractivity contribution in [1.29, 1.82) is 5.26 Å². The van der Waals surface area contributed by atoms with Gasteiger partial charge in [0.1, 0.15) is 11.8 Å². The van der Waals surface area contributed by atoms with E-state index in [1.54, 1.807) is 6.07 Å². The van der Waals surface area contributed by atoms with Crippen molar-refractivity contribution in [3.63, 3.8) is 0 Å². The van der Waals surface area contributed by atoms with Gasteiger partial charge in [0.15, 0.2) is 0 Å². The summed E-state index contributed by atoms with van der Waals surface area (Å²) in [6.07, 6.45) is 1.39. The number of nitrogens with zero attached hydrogens (tertiary/aromatic N) is 3. The number of benzene rings is 2.